The fourth-order valence-electron chi connectivity index (χ4n) is 1.45. The van der Waals surface area contributed by atoms with E-state index in [0.717, 1.165) is 28.8 Å². The van der Waals surface area contributed by atoms with Crippen LogP contribution >= 0.6 is 12.6 Å². The van der Waals surface area contributed by atoms with E-state index in [-0.39, 0.29) is 0 Å². The molecule has 0 unspecified atom stereocenters. The summed E-state index contributed by atoms with van der Waals surface area (Å²) in [6.07, 6.45) is 2.75. The molecule has 0 aliphatic carbocycles. The first-order valence-electron chi connectivity index (χ1n) is 4.99. The molecule has 0 bridgehead atoms. The highest BCUT2D eigenvalue weighted by Crippen LogP contribution is 2.23. The van der Waals surface area contributed by atoms with Crippen LogP contribution < -0.4 is 4.74 Å². The number of aromatic nitrogens is 1. The molecule has 1 aromatic heterocycles. The summed E-state index contributed by atoms with van der Waals surface area (Å²) in [7, 11) is 0. The summed E-state index contributed by atoms with van der Waals surface area (Å²) in [5.74, 6) is 1.76. The van der Waals surface area contributed by atoms with E-state index in [1.165, 1.54) is 0 Å². The Hall–Kier alpha value is -1.22. The first-order chi connectivity index (χ1) is 7.42. The van der Waals surface area contributed by atoms with Gasteiger partial charge in [-0.15, -0.1) is 0 Å². The summed E-state index contributed by atoms with van der Waals surface area (Å²) in [4.78, 5) is 4.28. The topological polar surface area (TPSA) is 22.1 Å². The molecule has 1 aromatic carbocycles. The minimum atomic E-state index is 0.706. The predicted octanol–water partition coefficient (Wildman–Crippen LogP) is 2.93. The van der Waals surface area contributed by atoms with Gasteiger partial charge in [0.2, 0.25) is 0 Å². The standard InChI is InChI=1S/C12H13NOS/c15-9-3-8-14-12-6-1-5-11-10(12)4-2-7-13-11/h1-2,4-7,15H,3,8-9H2. The van der Waals surface area contributed by atoms with E-state index in [4.69, 9.17) is 4.74 Å². The predicted molar refractivity (Wildman–Crippen MR) is 65.7 cm³/mol. The van der Waals surface area contributed by atoms with Crippen molar-refractivity contribution in [3.63, 3.8) is 0 Å². The molecule has 0 aliphatic rings. The van der Waals surface area contributed by atoms with Crippen LogP contribution in [-0.4, -0.2) is 17.3 Å². The van der Waals surface area contributed by atoms with Crippen molar-refractivity contribution in [3.05, 3.63) is 36.5 Å². The van der Waals surface area contributed by atoms with E-state index >= 15 is 0 Å². The van der Waals surface area contributed by atoms with E-state index in [1.54, 1.807) is 6.20 Å². The van der Waals surface area contributed by atoms with Gasteiger partial charge in [-0.3, -0.25) is 4.98 Å². The van der Waals surface area contributed by atoms with Crippen molar-refractivity contribution in [2.45, 2.75) is 6.42 Å². The van der Waals surface area contributed by atoms with E-state index in [1.807, 2.05) is 30.3 Å². The number of rotatable bonds is 4. The summed E-state index contributed by atoms with van der Waals surface area (Å²) >= 11 is 4.15. The minimum absolute atomic E-state index is 0.706. The Kier molecular flexibility index (Phi) is 3.45. The van der Waals surface area contributed by atoms with Crippen LogP contribution in [0, 0.1) is 0 Å². The molecule has 2 rings (SSSR count). The molecule has 0 amide bonds. The summed E-state index contributed by atoms with van der Waals surface area (Å²) in [5.41, 5.74) is 0.973. The van der Waals surface area contributed by atoms with Gasteiger partial charge in [0, 0.05) is 11.6 Å². The van der Waals surface area contributed by atoms with Gasteiger partial charge in [-0.05, 0) is 36.4 Å². The first kappa shape index (κ1) is 10.3. The van der Waals surface area contributed by atoms with Crippen molar-refractivity contribution in [1.29, 1.82) is 0 Å². The highest BCUT2D eigenvalue weighted by Gasteiger charge is 2.00. The highest BCUT2D eigenvalue weighted by atomic mass is 32.1. The molecule has 2 aromatic rings. The van der Waals surface area contributed by atoms with Gasteiger partial charge in [-0.1, -0.05) is 6.07 Å². The van der Waals surface area contributed by atoms with Crippen molar-refractivity contribution >= 4 is 23.5 Å². The summed E-state index contributed by atoms with van der Waals surface area (Å²) in [6.45, 7) is 0.706. The maximum absolute atomic E-state index is 5.67. The second-order valence-corrected chi connectivity index (χ2v) is 3.70. The maximum atomic E-state index is 5.67. The zero-order valence-electron chi connectivity index (χ0n) is 8.39. The number of hydrogen-bond acceptors (Lipinski definition) is 3. The number of nitrogens with zero attached hydrogens (tertiary/aromatic N) is 1. The lowest BCUT2D eigenvalue weighted by Crippen LogP contribution is -1.98. The van der Waals surface area contributed by atoms with Crippen molar-refractivity contribution in [2.75, 3.05) is 12.4 Å². The van der Waals surface area contributed by atoms with Crippen LogP contribution in [0.3, 0.4) is 0 Å². The lowest BCUT2D eigenvalue weighted by molar-refractivity contribution is 0.322. The molecular weight excluding hydrogens is 206 g/mol. The zero-order valence-corrected chi connectivity index (χ0v) is 9.28. The molecule has 0 radical (unpaired) electrons. The number of pyridine rings is 1. The van der Waals surface area contributed by atoms with E-state index < -0.39 is 0 Å². The van der Waals surface area contributed by atoms with Crippen LogP contribution in [0.4, 0.5) is 0 Å². The summed E-state index contributed by atoms with van der Waals surface area (Å²) < 4.78 is 5.67. The molecule has 2 nitrogen and oxygen atoms in total. The van der Waals surface area contributed by atoms with Gasteiger partial charge in [-0.2, -0.15) is 12.6 Å². The van der Waals surface area contributed by atoms with Crippen LogP contribution in [0.5, 0.6) is 5.75 Å². The number of fused-ring (bicyclic) bond motifs is 1. The molecule has 0 aliphatic heterocycles. The number of ether oxygens (including phenoxy) is 1. The first-order valence-corrected chi connectivity index (χ1v) is 5.62. The SMILES string of the molecule is SCCCOc1cccc2ncccc12. The summed E-state index contributed by atoms with van der Waals surface area (Å²) in [6, 6.07) is 9.88. The Morgan fingerprint density at radius 2 is 2.13 bits per heavy atom. The van der Waals surface area contributed by atoms with Crippen LogP contribution in [0.2, 0.25) is 0 Å². The molecule has 0 N–H and O–H groups in total. The van der Waals surface area contributed by atoms with Crippen molar-refractivity contribution in [3.8, 4) is 5.75 Å². The second kappa shape index (κ2) is 5.03. The second-order valence-electron chi connectivity index (χ2n) is 3.25. The highest BCUT2D eigenvalue weighted by molar-refractivity contribution is 7.80. The average molecular weight is 219 g/mol. The van der Waals surface area contributed by atoms with Crippen molar-refractivity contribution in [1.82, 2.24) is 4.98 Å². The van der Waals surface area contributed by atoms with Crippen LogP contribution in [0.25, 0.3) is 10.9 Å². The Bertz CT molecular complexity index is 439. The Morgan fingerprint density at radius 3 is 3.00 bits per heavy atom. The Balaban J connectivity index is 2.26. The van der Waals surface area contributed by atoms with Gasteiger partial charge in [0.25, 0.3) is 0 Å². The number of hydrogen-bond donors (Lipinski definition) is 1. The van der Waals surface area contributed by atoms with Gasteiger partial charge in [0.15, 0.2) is 0 Å². The Labute approximate surface area is 94.7 Å². The third-order valence-corrected chi connectivity index (χ3v) is 2.48. The molecule has 78 valence electrons. The molecule has 15 heavy (non-hydrogen) atoms. The van der Waals surface area contributed by atoms with Gasteiger partial charge < -0.3 is 4.74 Å². The molecule has 1 heterocycles. The smallest absolute Gasteiger partial charge is 0.128 e. The van der Waals surface area contributed by atoms with Crippen LogP contribution in [-0.2, 0) is 0 Å². The fourth-order valence-corrected chi connectivity index (χ4v) is 1.58. The molecule has 0 saturated carbocycles. The number of thiol groups is 1. The van der Waals surface area contributed by atoms with Crippen LogP contribution in [0.1, 0.15) is 6.42 Å². The molecular formula is C12H13NOS. The van der Waals surface area contributed by atoms with E-state index in [0.29, 0.717) is 6.61 Å². The van der Waals surface area contributed by atoms with Crippen LogP contribution in [0.15, 0.2) is 36.5 Å². The lowest BCUT2D eigenvalue weighted by atomic mass is 10.2. The van der Waals surface area contributed by atoms with E-state index in [2.05, 4.69) is 17.6 Å². The zero-order chi connectivity index (χ0) is 10.5. The normalized spacial score (nSPS) is 10.5. The molecule has 3 heteroatoms. The Morgan fingerprint density at radius 1 is 1.20 bits per heavy atom. The largest absolute Gasteiger partial charge is 0.493 e. The van der Waals surface area contributed by atoms with Gasteiger partial charge in [0.05, 0.1) is 12.1 Å². The lowest BCUT2D eigenvalue weighted by Gasteiger charge is -2.07. The summed E-state index contributed by atoms with van der Waals surface area (Å²) in [5, 5.41) is 1.07. The molecule has 0 spiro atoms. The monoisotopic (exact) mass is 219 g/mol. The molecule has 0 fully saturated rings. The minimum Gasteiger partial charge on any atom is -0.493 e. The van der Waals surface area contributed by atoms with Crippen molar-refractivity contribution < 1.29 is 4.74 Å². The average Bonchev–Trinajstić information content (AvgIpc) is 2.30. The molecule has 0 saturated heterocycles. The van der Waals surface area contributed by atoms with Gasteiger partial charge in [-0.25, -0.2) is 0 Å². The van der Waals surface area contributed by atoms with Gasteiger partial charge in [0.1, 0.15) is 5.75 Å². The van der Waals surface area contributed by atoms with Crippen molar-refractivity contribution in [2.24, 2.45) is 0 Å². The molecule has 0 atom stereocenters. The quantitative estimate of drug-likeness (QED) is 0.631. The third-order valence-electron chi connectivity index (χ3n) is 2.17. The third kappa shape index (κ3) is 2.42. The number of benzene rings is 1. The fraction of sp³-hybridized carbons (Fsp3) is 0.250. The van der Waals surface area contributed by atoms with Gasteiger partial charge >= 0.3 is 0 Å². The van der Waals surface area contributed by atoms with E-state index in [9.17, 15) is 0 Å². The maximum Gasteiger partial charge on any atom is 0.128 e.